The molecule has 1 N–H and O–H groups in total. The summed E-state index contributed by atoms with van der Waals surface area (Å²) in [5.74, 6) is 1.27. The van der Waals surface area contributed by atoms with Crippen LogP contribution in [0.2, 0.25) is 0 Å². The maximum atomic E-state index is 5.61. The van der Waals surface area contributed by atoms with Gasteiger partial charge in [-0.1, -0.05) is 5.16 Å². The second-order valence-corrected chi connectivity index (χ2v) is 5.87. The second-order valence-electron chi connectivity index (χ2n) is 4.04. The summed E-state index contributed by atoms with van der Waals surface area (Å²) in [5.41, 5.74) is 0. The maximum absolute atomic E-state index is 5.61. The number of ether oxygens (including phenoxy) is 1. The van der Waals surface area contributed by atoms with Gasteiger partial charge in [0.05, 0.1) is 24.0 Å². The average molecular weight is 330 g/mol. The lowest BCUT2D eigenvalue weighted by molar-refractivity contribution is 0.0246. The number of nitrogens with zero attached hydrogens (tertiary/aromatic N) is 2. The molecule has 2 aromatic rings. The average Bonchev–Trinajstić information content (AvgIpc) is 2.99. The lowest BCUT2D eigenvalue weighted by Gasteiger charge is -2.21. The Bertz CT molecular complexity index is 522. The van der Waals surface area contributed by atoms with Crippen LogP contribution >= 0.6 is 27.3 Å². The lowest BCUT2D eigenvalue weighted by atomic mass is 10.2. The van der Waals surface area contributed by atoms with Gasteiger partial charge in [0.1, 0.15) is 0 Å². The summed E-state index contributed by atoms with van der Waals surface area (Å²) in [6.45, 7) is 2.49. The fourth-order valence-corrected chi connectivity index (χ4v) is 3.17. The van der Waals surface area contributed by atoms with Crippen molar-refractivity contribution in [3.63, 3.8) is 0 Å². The van der Waals surface area contributed by atoms with Gasteiger partial charge in [-0.25, -0.2) is 0 Å². The van der Waals surface area contributed by atoms with Crippen molar-refractivity contribution in [2.45, 2.75) is 12.5 Å². The standard InChI is InChI=1S/C11H12BrN3O2S/c12-7-3-9(18-6-7)11-14-10(17-15-11)4-8-5-13-1-2-16-8/h3,6,8,13H,1-2,4-5H2. The van der Waals surface area contributed by atoms with Crippen LogP contribution in [0.5, 0.6) is 0 Å². The van der Waals surface area contributed by atoms with Crippen LogP contribution in [0.15, 0.2) is 20.4 Å². The molecule has 0 saturated carbocycles. The van der Waals surface area contributed by atoms with Crippen molar-refractivity contribution in [1.29, 1.82) is 0 Å². The predicted molar refractivity (Wildman–Crippen MR) is 71.6 cm³/mol. The monoisotopic (exact) mass is 329 g/mol. The van der Waals surface area contributed by atoms with E-state index < -0.39 is 0 Å². The summed E-state index contributed by atoms with van der Waals surface area (Å²) < 4.78 is 11.9. The highest BCUT2D eigenvalue weighted by molar-refractivity contribution is 9.10. The molecule has 1 aliphatic rings. The number of hydrogen-bond donors (Lipinski definition) is 1. The zero-order valence-corrected chi connectivity index (χ0v) is 12.0. The van der Waals surface area contributed by atoms with Crippen LogP contribution in [-0.2, 0) is 11.2 Å². The van der Waals surface area contributed by atoms with Crippen LogP contribution in [0.4, 0.5) is 0 Å². The fraction of sp³-hybridized carbons (Fsp3) is 0.455. The Morgan fingerprint density at radius 1 is 1.56 bits per heavy atom. The summed E-state index contributed by atoms with van der Waals surface area (Å²) in [5, 5.41) is 9.27. The first-order valence-corrected chi connectivity index (χ1v) is 7.38. The first-order chi connectivity index (χ1) is 8.81. The quantitative estimate of drug-likeness (QED) is 0.934. The van der Waals surface area contributed by atoms with E-state index in [1.807, 2.05) is 11.4 Å². The number of thiophene rings is 1. The molecule has 1 atom stereocenters. The number of morpholine rings is 1. The zero-order valence-electron chi connectivity index (χ0n) is 9.56. The second kappa shape index (κ2) is 5.48. The highest BCUT2D eigenvalue weighted by atomic mass is 79.9. The SMILES string of the molecule is Brc1csc(-c2noc(CC3CNCCO3)n2)c1. The highest BCUT2D eigenvalue weighted by Gasteiger charge is 2.18. The van der Waals surface area contributed by atoms with Gasteiger partial charge in [-0.2, -0.15) is 4.98 Å². The number of aromatic nitrogens is 2. The predicted octanol–water partition coefficient (Wildman–Crippen LogP) is 2.09. The van der Waals surface area contributed by atoms with E-state index in [9.17, 15) is 0 Å². The van der Waals surface area contributed by atoms with Crippen LogP contribution in [0, 0.1) is 0 Å². The van der Waals surface area contributed by atoms with Crippen molar-refractivity contribution in [3.05, 3.63) is 21.8 Å². The first-order valence-electron chi connectivity index (χ1n) is 5.70. The van der Waals surface area contributed by atoms with Crippen molar-refractivity contribution in [3.8, 4) is 10.7 Å². The van der Waals surface area contributed by atoms with E-state index in [1.54, 1.807) is 11.3 Å². The molecule has 0 aromatic carbocycles. The molecule has 1 aliphatic heterocycles. The topological polar surface area (TPSA) is 60.2 Å². The lowest BCUT2D eigenvalue weighted by Crippen LogP contribution is -2.39. The molecule has 3 heterocycles. The summed E-state index contributed by atoms with van der Waals surface area (Å²) in [6.07, 6.45) is 0.786. The summed E-state index contributed by atoms with van der Waals surface area (Å²) in [4.78, 5) is 5.39. The van der Waals surface area contributed by atoms with E-state index in [0.29, 0.717) is 18.1 Å². The van der Waals surface area contributed by atoms with E-state index in [4.69, 9.17) is 9.26 Å². The summed E-state index contributed by atoms with van der Waals surface area (Å²) in [6, 6.07) is 1.98. The van der Waals surface area contributed by atoms with Gasteiger partial charge in [-0.3, -0.25) is 0 Å². The van der Waals surface area contributed by atoms with Crippen molar-refractivity contribution < 1.29 is 9.26 Å². The van der Waals surface area contributed by atoms with Gasteiger partial charge in [-0.05, 0) is 22.0 Å². The van der Waals surface area contributed by atoms with E-state index >= 15 is 0 Å². The number of halogens is 1. The Hall–Kier alpha value is -0.760. The molecule has 7 heteroatoms. The van der Waals surface area contributed by atoms with Gasteiger partial charge < -0.3 is 14.6 Å². The molecule has 1 saturated heterocycles. The molecular weight excluding hydrogens is 318 g/mol. The molecule has 0 radical (unpaired) electrons. The largest absolute Gasteiger partial charge is 0.375 e. The molecule has 18 heavy (non-hydrogen) atoms. The van der Waals surface area contributed by atoms with Gasteiger partial charge in [0, 0.05) is 22.9 Å². The number of hydrogen-bond acceptors (Lipinski definition) is 6. The molecule has 0 amide bonds. The van der Waals surface area contributed by atoms with Crippen LogP contribution in [0.25, 0.3) is 10.7 Å². The van der Waals surface area contributed by atoms with Crippen molar-refractivity contribution in [2.75, 3.05) is 19.7 Å². The fourth-order valence-electron chi connectivity index (χ4n) is 1.81. The molecule has 5 nitrogen and oxygen atoms in total. The van der Waals surface area contributed by atoms with Gasteiger partial charge in [-0.15, -0.1) is 11.3 Å². The van der Waals surface area contributed by atoms with Gasteiger partial charge >= 0.3 is 0 Å². The minimum absolute atomic E-state index is 0.127. The van der Waals surface area contributed by atoms with Gasteiger partial charge in [0.2, 0.25) is 11.7 Å². The van der Waals surface area contributed by atoms with Crippen molar-refractivity contribution in [2.24, 2.45) is 0 Å². The van der Waals surface area contributed by atoms with E-state index in [2.05, 4.69) is 31.4 Å². The molecule has 2 aromatic heterocycles. The van der Waals surface area contributed by atoms with E-state index in [-0.39, 0.29) is 6.10 Å². The molecule has 0 spiro atoms. The summed E-state index contributed by atoms with van der Waals surface area (Å²) >= 11 is 5.00. The third-order valence-corrected chi connectivity index (χ3v) is 4.35. The molecule has 0 aliphatic carbocycles. The number of rotatable bonds is 3. The Kier molecular flexibility index (Phi) is 3.74. The minimum atomic E-state index is 0.127. The Balaban J connectivity index is 1.69. The van der Waals surface area contributed by atoms with Crippen molar-refractivity contribution >= 4 is 27.3 Å². The van der Waals surface area contributed by atoms with Crippen LogP contribution in [0.1, 0.15) is 5.89 Å². The molecule has 3 rings (SSSR count). The molecule has 1 unspecified atom stereocenters. The zero-order chi connectivity index (χ0) is 12.4. The normalized spacial score (nSPS) is 20.2. The Labute approximate surface area is 117 Å². The molecular formula is C11H12BrN3O2S. The number of nitrogens with one attached hydrogen (secondary N) is 1. The van der Waals surface area contributed by atoms with Crippen LogP contribution < -0.4 is 5.32 Å². The first kappa shape index (κ1) is 12.3. The third kappa shape index (κ3) is 2.80. The molecule has 0 bridgehead atoms. The Morgan fingerprint density at radius 3 is 3.22 bits per heavy atom. The molecule has 1 fully saturated rings. The Morgan fingerprint density at radius 2 is 2.50 bits per heavy atom. The third-order valence-electron chi connectivity index (χ3n) is 2.66. The van der Waals surface area contributed by atoms with Gasteiger partial charge in [0.15, 0.2) is 0 Å². The van der Waals surface area contributed by atoms with E-state index in [1.165, 1.54) is 0 Å². The smallest absolute Gasteiger partial charge is 0.229 e. The summed E-state index contributed by atoms with van der Waals surface area (Å²) in [7, 11) is 0. The minimum Gasteiger partial charge on any atom is -0.375 e. The van der Waals surface area contributed by atoms with Crippen molar-refractivity contribution in [1.82, 2.24) is 15.5 Å². The van der Waals surface area contributed by atoms with Crippen LogP contribution in [0.3, 0.4) is 0 Å². The van der Waals surface area contributed by atoms with Crippen LogP contribution in [-0.4, -0.2) is 35.9 Å². The molecule has 96 valence electrons. The van der Waals surface area contributed by atoms with Gasteiger partial charge in [0.25, 0.3) is 0 Å². The highest BCUT2D eigenvalue weighted by Crippen LogP contribution is 2.27. The maximum Gasteiger partial charge on any atom is 0.229 e. The van der Waals surface area contributed by atoms with E-state index in [0.717, 1.165) is 29.0 Å².